The molecule has 0 aromatic carbocycles. The smallest absolute Gasteiger partial charge is 0.0946 e. The van der Waals surface area contributed by atoms with E-state index < -0.39 is 0 Å². The van der Waals surface area contributed by atoms with Crippen molar-refractivity contribution in [3.05, 3.63) is 18.2 Å². The third-order valence-corrected chi connectivity index (χ3v) is 2.04. The molecular weight excluding hydrogens is 162 g/mol. The number of rotatable bonds is 0. The predicted molar refractivity (Wildman–Crippen MR) is 54.7 cm³/mol. The normalized spacial score (nSPS) is 16.2. The molecule has 74 valence electrons. The van der Waals surface area contributed by atoms with Crippen LogP contribution in [0.3, 0.4) is 0 Å². The van der Waals surface area contributed by atoms with Gasteiger partial charge in [0.25, 0.3) is 0 Å². The number of aryl methyl sites for hydroxylation is 2. The van der Waals surface area contributed by atoms with Gasteiger partial charge in [-0.3, -0.25) is 0 Å². The average molecular weight is 181 g/mol. The molecule has 2 rings (SSSR count). The Labute approximate surface area is 80.2 Å². The molecule has 0 atom stereocenters. The van der Waals surface area contributed by atoms with E-state index in [4.69, 9.17) is 0 Å². The Morgan fingerprint density at radius 2 is 2.00 bits per heavy atom. The van der Waals surface area contributed by atoms with Crippen molar-refractivity contribution < 1.29 is 0 Å². The molecule has 0 saturated carbocycles. The summed E-state index contributed by atoms with van der Waals surface area (Å²) in [6, 6.07) is 0. The summed E-state index contributed by atoms with van der Waals surface area (Å²) in [4.78, 5) is 3.98. The van der Waals surface area contributed by atoms with Crippen LogP contribution < -0.4 is 5.32 Å². The summed E-state index contributed by atoms with van der Waals surface area (Å²) >= 11 is 0. The van der Waals surface area contributed by atoms with E-state index in [2.05, 4.69) is 10.3 Å². The van der Waals surface area contributed by atoms with Gasteiger partial charge < -0.3 is 9.88 Å². The number of nitrogens with one attached hydrogen (secondary N) is 1. The van der Waals surface area contributed by atoms with E-state index in [1.165, 1.54) is 32.4 Å². The Kier molecular flexibility index (Phi) is 4.54. The molecule has 0 amide bonds. The van der Waals surface area contributed by atoms with Crippen molar-refractivity contribution in [3.63, 3.8) is 0 Å². The Bertz CT molecular complexity index is 198. The van der Waals surface area contributed by atoms with E-state index >= 15 is 0 Å². The first kappa shape index (κ1) is 10.3. The van der Waals surface area contributed by atoms with Crippen LogP contribution >= 0.6 is 0 Å². The summed E-state index contributed by atoms with van der Waals surface area (Å²) in [6.45, 7) is 4.47. The molecule has 2 heterocycles. The van der Waals surface area contributed by atoms with Gasteiger partial charge in [0.15, 0.2) is 0 Å². The highest BCUT2D eigenvalue weighted by Gasteiger charge is 1.93. The molecule has 1 aromatic heterocycles. The largest absolute Gasteiger partial charge is 0.340 e. The van der Waals surface area contributed by atoms with Crippen molar-refractivity contribution in [2.45, 2.75) is 26.2 Å². The number of imidazole rings is 1. The van der Waals surface area contributed by atoms with Gasteiger partial charge >= 0.3 is 0 Å². The zero-order valence-corrected chi connectivity index (χ0v) is 8.58. The van der Waals surface area contributed by atoms with Gasteiger partial charge in [0, 0.05) is 13.2 Å². The third-order valence-electron chi connectivity index (χ3n) is 2.04. The lowest BCUT2D eigenvalue weighted by Crippen LogP contribution is -2.21. The van der Waals surface area contributed by atoms with Crippen LogP contribution in [0, 0.1) is 6.92 Å². The molecule has 1 N–H and O–H groups in total. The molecule has 0 unspecified atom stereocenters. The standard InChI is InChI=1S/C5H8N2.C5H11N/c1-5-3-7(2)4-6-5;1-2-4-6-5-3-1/h3-4H,1-2H3;6H,1-5H2. The molecule has 0 aliphatic carbocycles. The third kappa shape index (κ3) is 4.68. The average Bonchev–Trinajstić information content (AvgIpc) is 2.54. The van der Waals surface area contributed by atoms with Crippen LogP contribution in [-0.4, -0.2) is 22.6 Å². The first-order valence-corrected chi connectivity index (χ1v) is 4.94. The second kappa shape index (κ2) is 5.75. The number of hydrogen-bond donors (Lipinski definition) is 1. The van der Waals surface area contributed by atoms with E-state index in [0.717, 1.165) is 5.69 Å². The van der Waals surface area contributed by atoms with Crippen LogP contribution in [0.15, 0.2) is 12.5 Å². The molecule has 0 spiro atoms. The topological polar surface area (TPSA) is 29.9 Å². The molecule has 1 aliphatic rings. The minimum Gasteiger partial charge on any atom is -0.340 e. The van der Waals surface area contributed by atoms with Crippen LogP contribution in [-0.2, 0) is 7.05 Å². The fourth-order valence-corrected chi connectivity index (χ4v) is 1.35. The van der Waals surface area contributed by atoms with Gasteiger partial charge in [0.2, 0.25) is 0 Å². The van der Waals surface area contributed by atoms with Gasteiger partial charge in [-0.05, 0) is 32.9 Å². The lowest BCUT2D eigenvalue weighted by molar-refractivity contribution is 0.520. The lowest BCUT2D eigenvalue weighted by atomic mass is 10.2. The van der Waals surface area contributed by atoms with Crippen molar-refractivity contribution in [1.82, 2.24) is 14.9 Å². The van der Waals surface area contributed by atoms with Gasteiger partial charge in [0.05, 0.1) is 12.0 Å². The number of nitrogens with zero attached hydrogens (tertiary/aromatic N) is 2. The van der Waals surface area contributed by atoms with Crippen molar-refractivity contribution in [1.29, 1.82) is 0 Å². The SMILES string of the molecule is C1CCNCC1.Cc1cn(C)cn1. The summed E-state index contributed by atoms with van der Waals surface area (Å²) in [7, 11) is 1.96. The number of aromatic nitrogens is 2. The maximum atomic E-state index is 3.98. The number of piperidine rings is 1. The van der Waals surface area contributed by atoms with Crippen molar-refractivity contribution in [2.75, 3.05) is 13.1 Å². The molecule has 1 fully saturated rings. The molecule has 1 aromatic rings. The Hall–Kier alpha value is -0.830. The van der Waals surface area contributed by atoms with Crippen LogP contribution in [0.5, 0.6) is 0 Å². The zero-order valence-electron chi connectivity index (χ0n) is 8.58. The van der Waals surface area contributed by atoms with Gasteiger partial charge in [0.1, 0.15) is 0 Å². The summed E-state index contributed by atoms with van der Waals surface area (Å²) < 4.78 is 1.93. The summed E-state index contributed by atoms with van der Waals surface area (Å²) in [5.74, 6) is 0. The molecular formula is C10H19N3. The van der Waals surface area contributed by atoms with Crippen molar-refractivity contribution in [3.8, 4) is 0 Å². The quantitative estimate of drug-likeness (QED) is 0.657. The van der Waals surface area contributed by atoms with Gasteiger partial charge in [-0.1, -0.05) is 6.42 Å². The fraction of sp³-hybridized carbons (Fsp3) is 0.700. The molecule has 3 nitrogen and oxygen atoms in total. The van der Waals surface area contributed by atoms with E-state index in [1.54, 1.807) is 6.33 Å². The second-order valence-corrected chi connectivity index (χ2v) is 3.49. The van der Waals surface area contributed by atoms with Gasteiger partial charge in [-0.2, -0.15) is 0 Å². The molecule has 0 bridgehead atoms. The van der Waals surface area contributed by atoms with E-state index in [9.17, 15) is 0 Å². The predicted octanol–water partition coefficient (Wildman–Crippen LogP) is 1.49. The monoisotopic (exact) mass is 181 g/mol. The highest BCUT2D eigenvalue weighted by molar-refractivity contribution is 4.90. The van der Waals surface area contributed by atoms with Crippen LogP contribution in [0.2, 0.25) is 0 Å². The van der Waals surface area contributed by atoms with E-state index in [0.29, 0.717) is 0 Å². The maximum Gasteiger partial charge on any atom is 0.0946 e. The fourth-order valence-electron chi connectivity index (χ4n) is 1.35. The molecule has 13 heavy (non-hydrogen) atoms. The number of hydrogen-bond acceptors (Lipinski definition) is 2. The molecule has 1 saturated heterocycles. The van der Waals surface area contributed by atoms with E-state index in [1.807, 2.05) is 24.7 Å². The summed E-state index contributed by atoms with van der Waals surface area (Å²) in [5, 5.41) is 3.28. The van der Waals surface area contributed by atoms with Crippen molar-refractivity contribution in [2.24, 2.45) is 7.05 Å². The van der Waals surface area contributed by atoms with Gasteiger partial charge in [-0.25, -0.2) is 4.98 Å². The van der Waals surface area contributed by atoms with Crippen molar-refractivity contribution >= 4 is 0 Å². The molecule has 3 heteroatoms. The summed E-state index contributed by atoms with van der Waals surface area (Å²) in [5.41, 5.74) is 1.07. The minimum absolute atomic E-state index is 1.07. The van der Waals surface area contributed by atoms with E-state index in [-0.39, 0.29) is 0 Å². The molecule has 1 aliphatic heterocycles. The van der Waals surface area contributed by atoms with Crippen LogP contribution in [0.25, 0.3) is 0 Å². The first-order chi connectivity index (χ1) is 6.29. The minimum atomic E-state index is 1.07. The highest BCUT2D eigenvalue weighted by atomic mass is 15.0. The Morgan fingerprint density at radius 3 is 2.15 bits per heavy atom. The van der Waals surface area contributed by atoms with Crippen LogP contribution in [0.1, 0.15) is 25.0 Å². The molecule has 0 radical (unpaired) electrons. The van der Waals surface area contributed by atoms with Crippen LogP contribution in [0.4, 0.5) is 0 Å². The van der Waals surface area contributed by atoms with Gasteiger partial charge in [-0.15, -0.1) is 0 Å². The lowest BCUT2D eigenvalue weighted by Gasteiger charge is -2.08. The Balaban J connectivity index is 0.000000132. The highest BCUT2D eigenvalue weighted by Crippen LogP contribution is 1.96. The first-order valence-electron chi connectivity index (χ1n) is 4.94. The second-order valence-electron chi connectivity index (χ2n) is 3.49. The zero-order chi connectivity index (χ0) is 9.52. The summed E-state index contributed by atoms with van der Waals surface area (Å²) in [6.07, 6.45) is 7.97. The maximum absolute atomic E-state index is 3.98. The Morgan fingerprint density at radius 1 is 1.31 bits per heavy atom.